The molecule has 6 heteroatoms. The number of hydrogen-bond acceptors (Lipinski definition) is 5. The third-order valence-electron chi connectivity index (χ3n) is 4.95. The molecule has 4 aromatic rings. The summed E-state index contributed by atoms with van der Waals surface area (Å²) in [5.74, 6) is 1.04. The number of nitrogens with one attached hydrogen (secondary N) is 1. The molecule has 2 heterocycles. The molecule has 6 nitrogen and oxygen atoms in total. The number of carbonyl (C=O) groups is 1. The molecule has 0 fully saturated rings. The molecule has 1 aliphatic rings. The lowest BCUT2D eigenvalue weighted by Gasteiger charge is -2.19. The van der Waals surface area contributed by atoms with Crippen LogP contribution in [0.3, 0.4) is 0 Å². The number of hydrogen-bond donors (Lipinski definition) is 2. The van der Waals surface area contributed by atoms with Gasteiger partial charge in [0.05, 0.1) is 22.5 Å². The van der Waals surface area contributed by atoms with E-state index in [2.05, 4.69) is 5.32 Å². The minimum absolute atomic E-state index is 0.0104. The number of ether oxygens (including phenoxy) is 2. The van der Waals surface area contributed by atoms with Gasteiger partial charge in [-0.15, -0.1) is 0 Å². The van der Waals surface area contributed by atoms with E-state index < -0.39 is 0 Å². The molecule has 3 aromatic carbocycles. The molecule has 0 saturated heterocycles. The van der Waals surface area contributed by atoms with E-state index in [1.807, 2.05) is 42.5 Å². The molecule has 30 heavy (non-hydrogen) atoms. The Balaban J connectivity index is 1.60. The maximum Gasteiger partial charge on any atom is 0.256 e. The highest BCUT2D eigenvalue weighted by molar-refractivity contribution is 6.13. The van der Waals surface area contributed by atoms with Gasteiger partial charge in [0.2, 0.25) is 0 Å². The number of amides is 1. The lowest BCUT2D eigenvalue weighted by atomic mass is 10.0. The molecule has 0 unspecified atom stereocenters. The molecular weight excluding hydrogens is 380 g/mol. The number of phenolic OH excluding ortho intramolecular Hbond substituents is 1. The van der Waals surface area contributed by atoms with Crippen LogP contribution in [-0.4, -0.2) is 29.2 Å². The van der Waals surface area contributed by atoms with Crippen LogP contribution in [0.4, 0.5) is 5.69 Å². The van der Waals surface area contributed by atoms with E-state index in [1.54, 1.807) is 24.3 Å². The van der Waals surface area contributed by atoms with E-state index >= 15 is 0 Å². The first-order valence-corrected chi connectivity index (χ1v) is 9.58. The van der Waals surface area contributed by atoms with Crippen molar-refractivity contribution in [1.29, 1.82) is 0 Å². The molecule has 0 spiro atoms. The van der Waals surface area contributed by atoms with E-state index in [0.29, 0.717) is 47.2 Å². The molecule has 0 saturated carbocycles. The summed E-state index contributed by atoms with van der Waals surface area (Å²) in [6, 6.07) is 21.5. The van der Waals surface area contributed by atoms with Crippen LogP contribution in [0.1, 0.15) is 10.4 Å². The molecule has 148 valence electrons. The first-order valence-electron chi connectivity index (χ1n) is 9.58. The summed E-state index contributed by atoms with van der Waals surface area (Å²) in [6.45, 7) is 1.02. The minimum atomic E-state index is -0.325. The second-order valence-corrected chi connectivity index (χ2v) is 6.90. The lowest BCUT2D eigenvalue weighted by molar-refractivity contribution is 0.102. The molecule has 2 N–H and O–H groups in total. The Bertz CT molecular complexity index is 1270. The van der Waals surface area contributed by atoms with Gasteiger partial charge in [-0.3, -0.25) is 4.79 Å². The van der Waals surface area contributed by atoms with Crippen molar-refractivity contribution in [2.75, 3.05) is 18.5 Å². The van der Waals surface area contributed by atoms with Crippen LogP contribution in [0.2, 0.25) is 0 Å². The normalized spacial score (nSPS) is 12.5. The van der Waals surface area contributed by atoms with Gasteiger partial charge in [0.15, 0.2) is 11.5 Å². The van der Waals surface area contributed by atoms with Crippen molar-refractivity contribution in [3.8, 4) is 28.5 Å². The zero-order valence-electron chi connectivity index (χ0n) is 16.0. The largest absolute Gasteiger partial charge is 0.506 e. The van der Waals surface area contributed by atoms with E-state index in [0.717, 1.165) is 10.9 Å². The number of para-hydroxylation sites is 3. The van der Waals surface area contributed by atoms with Gasteiger partial charge in [-0.05, 0) is 42.5 Å². The van der Waals surface area contributed by atoms with Gasteiger partial charge >= 0.3 is 0 Å². The summed E-state index contributed by atoms with van der Waals surface area (Å²) in [6.07, 6.45) is 0. The van der Waals surface area contributed by atoms with Gasteiger partial charge in [-0.2, -0.15) is 0 Å². The monoisotopic (exact) mass is 398 g/mol. The van der Waals surface area contributed by atoms with Crippen molar-refractivity contribution in [2.24, 2.45) is 0 Å². The van der Waals surface area contributed by atoms with Crippen molar-refractivity contribution in [2.45, 2.75) is 0 Å². The lowest BCUT2D eigenvalue weighted by Crippen LogP contribution is -2.15. The van der Waals surface area contributed by atoms with E-state index in [4.69, 9.17) is 14.5 Å². The maximum absolute atomic E-state index is 13.1. The Hall–Kier alpha value is -4.06. The number of carbonyl (C=O) groups excluding carboxylic acids is 1. The number of anilines is 1. The van der Waals surface area contributed by atoms with Gasteiger partial charge < -0.3 is 19.9 Å². The molecule has 1 aliphatic heterocycles. The summed E-state index contributed by atoms with van der Waals surface area (Å²) in [4.78, 5) is 17.8. The standard InChI is InChI=1S/C24H18N2O4/c27-21-8-4-3-7-19(21)26-24(28)17-14-20(25-18-6-2-1-5-16(17)18)15-9-10-22-23(13-15)30-12-11-29-22/h1-10,13-14,27H,11-12H2,(H,26,28). The number of benzene rings is 3. The van der Waals surface area contributed by atoms with Crippen LogP contribution in [0.15, 0.2) is 72.8 Å². The van der Waals surface area contributed by atoms with Crippen molar-refractivity contribution in [1.82, 2.24) is 4.98 Å². The van der Waals surface area contributed by atoms with Crippen LogP contribution in [0.25, 0.3) is 22.2 Å². The smallest absolute Gasteiger partial charge is 0.256 e. The summed E-state index contributed by atoms with van der Waals surface area (Å²) < 4.78 is 11.3. The molecule has 1 aromatic heterocycles. The zero-order valence-corrected chi connectivity index (χ0v) is 16.0. The summed E-state index contributed by atoms with van der Waals surface area (Å²) in [5, 5.41) is 13.5. The van der Waals surface area contributed by atoms with Crippen LogP contribution in [0, 0.1) is 0 Å². The molecule has 0 atom stereocenters. The number of phenols is 1. The van der Waals surface area contributed by atoms with Crippen LogP contribution in [-0.2, 0) is 0 Å². The van der Waals surface area contributed by atoms with Gasteiger partial charge in [-0.1, -0.05) is 30.3 Å². The average molecular weight is 398 g/mol. The minimum Gasteiger partial charge on any atom is -0.506 e. The molecular formula is C24H18N2O4. The average Bonchev–Trinajstić information content (AvgIpc) is 2.79. The molecule has 5 rings (SSSR count). The SMILES string of the molecule is O=C(Nc1ccccc1O)c1cc(-c2ccc3c(c2)OCCO3)nc2ccccc12. The quantitative estimate of drug-likeness (QED) is 0.492. The van der Waals surface area contributed by atoms with E-state index in [9.17, 15) is 9.90 Å². The third-order valence-corrected chi connectivity index (χ3v) is 4.95. The van der Waals surface area contributed by atoms with E-state index in [1.165, 1.54) is 6.07 Å². The Kier molecular flexibility index (Phi) is 4.44. The molecule has 0 aliphatic carbocycles. The number of pyridine rings is 1. The number of aromatic hydroxyl groups is 1. The highest BCUT2D eigenvalue weighted by Crippen LogP contribution is 2.35. The van der Waals surface area contributed by atoms with Gasteiger partial charge in [0, 0.05) is 10.9 Å². The highest BCUT2D eigenvalue weighted by atomic mass is 16.6. The Morgan fingerprint density at radius 3 is 2.53 bits per heavy atom. The Labute approximate surface area is 172 Å². The van der Waals surface area contributed by atoms with Crippen molar-refractivity contribution >= 4 is 22.5 Å². The molecule has 1 amide bonds. The number of fused-ring (bicyclic) bond motifs is 2. The van der Waals surface area contributed by atoms with Crippen molar-refractivity contribution in [3.63, 3.8) is 0 Å². The van der Waals surface area contributed by atoms with E-state index in [-0.39, 0.29) is 11.7 Å². The summed E-state index contributed by atoms with van der Waals surface area (Å²) in [7, 11) is 0. The molecule has 0 bridgehead atoms. The van der Waals surface area contributed by atoms with Crippen LogP contribution < -0.4 is 14.8 Å². The summed E-state index contributed by atoms with van der Waals surface area (Å²) >= 11 is 0. The Morgan fingerprint density at radius 2 is 1.67 bits per heavy atom. The fourth-order valence-electron chi connectivity index (χ4n) is 3.48. The van der Waals surface area contributed by atoms with Crippen molar-refractivity contribution < 1.29 is 19.4 Å². The first kappa shape index (κ1) is 18.0. The first-order chi connectivity index (χ1) is 14.7. The highest BCUT2D eigenvalue weighted by Gasteiger charge is 2.17. The van der Waals surface area contributed by atoms with Gasteiger partial charge in [-0.25, -0.2) is 4.98 Å². The fourth-order valence-corrected chi connectivity index (χ4v) is 3.48. The van der Waals surface area contributed by atoms with Gasteiger partial charge in [0.1, 0.15) is 19.0 Å². The van der Waals surface area contributed by atoms with Crippen molar-refractivity contribution in [3.05, 3.63) is 78.4 Å². The van der Waals surface area contributed by atoms with Gasteiger partial charge in [0.25, 0.3) is 5.91 Å². The number of aromatic nitrogens is 1. The number of rotatable bonds is 3. The second-order valence-electron chi connectivity index (χ2n) is 6.90. The Morgan fingerprint density at radius 1 is 0.900 bits per heavy atom. The zero-order chi connectivity index (χ0) is 20.5. The van der Waals surface area contributed by atoms with Crippen LogP contribution >= 0.6 is 0 Å². The predicted octanol–water partition coefficient (Wildman–Crippen LogP) is 4.63. The topological polar surface area (TPSA) is 80.7 Å². The molecule has 0 radical (unpaired) electrons. The fraction of sp³-hybridized carbons (Fsp3) is 0.0833. The predicted molar refractivity (Wildman–Crippen MR) is 114 cm³/mol. The second kappa shape index (κ2) is 7.40. The number of nitrogens with zero attached hydrogens (tertiary/aromatic N) is 1. The third kappa shape index (κ3) is 3.28. The maximum atomic E-state index is 13.1. The van der Waals surface area contributed by atoms with Crippen LogP contribution in [0.5, 0.6) is 17.2 Å². The summed E-state index contributed by atoms with van der Waals surface area (Å²) in [5.41, 5.74) is 2.99.